The van der Waals surface area contributed by atoms with E-state index in [1.165, 1.54) is 6.42 Å². The monoisotopic (exact) mass is 185 g/mol. The van der Waals surface area contributed by atoms with E-state index in [1.807, 2.05) is 13.8 Å². The first-order chi connectivity index (χ1) is 5.80. The van der Waals surface area contributed by atoms with Crippen molar-refractivity contribution in [2.45, 2.75) is 60.9 Å². The molecule has 2 unspecified atom stereocenters. The van der Waals surface area contributed by atoms with Gasteiger partial charge in [-0.15, -0.1) is 0 Å². The first-order valence-electron chi connectivity index (χ1n) is 5.55. The summed E-state index contributed by atoms with van der Waals surface area (Å²) in [5, 5.41) is 0. The van der Waals surface area contributed by atoms with Gasteiger partial charge in [0.2, 0.25) is 0 Å². The van der Waals surface area contributed by atoms with Gasteiger partial charge in [0.25, 0.3) is 0 Å². The molecule has 1 heteroatoms. The van der Waals surface area contributed by atoms with E-state index in [9.17, 15) is 0 Å². The summed E-state index contributed by atoms with van der Waals surface area (Å²) in [6.07, 6.45) is 1.18. The van der Waals surface area contributed by atoms with Gasteiger partial charge in [0, 0.05) is 6.04 Å². The quantitative estimate of drug-likeness (QED) is 0.615. The molecule has 1 saturated carbocycles. The van der Waals surface area contributed by atoms with Gasteiger partial charge in [0.15, 0.2) is 0 Å². The summed E-state index contributed by atoms with van der Waals surface area (Å²) in [5.74, 6) is 0.757. The molecule has 2 N–H and O–H groups in total. The Morgan fingerprint density at radius 2 is 1.38 bits per heavy atom. The van der Waals surface area contributed by atoms with Gasteiger partial charge >= 0.3 is 0 Å². The predicted octanol–water partition coefficient (Wildman–Crippen LogP) is 3.43. The maximum atomic E-state index is 6.08. The molecule has 80 valence electrons. The van der Waals surface area contributed by atoms with E-state index in [1.54, 1.807) is 0 Å². The minimum atomic E-state index is 0.298. The molecule has 2 atom stereocenters. The van der Waals surface area contributed by atoms with Gasteiger partial charge in [-0.25, -0.2) is 0 Å². The highest BCUT2D eigenvalue weighted by Crippen LogP contribution is 2.54. The summed E-state index contributed by atoms with van der Waals surface area (Å²) < 4.78 is 0. The van der Waals surface area contributed by atoms with E-state index in [2.05, 4.69) is 34.6 Å². The highest BCUT2D eigenvalue weighted by molar-refractivity contribution is 5.03. The zero-order valence-corrected chi connectivity index (χ0v) is 10.4. The smallest absolute Gasteiger partial charge is 0.00982 e. The average Bonchev–Trinajstić information content (AvgIpc) is 2.18. The minimum absolute atomic E-state index is 0.298. The summed E-state index contributed by atoms with van der Waals surface area (Å²) in [6, 6.07) is 0.382. The van der Waals surface area contributed by atoms with Crippen LogP contribution in [0.2, 0.25) is 0 Å². The topological polar surface area (TPSA) is 26.0 Å². The molecule has 0 aliphatic heterocycles. The molecule has 0 amide bonds. The Balaban J connectivity index is 0.000000671. The molecule has 0 aromatic carbocycles. The Labute approximate surface area is 84.1 Å². The summed E-state index contributed by atoms with van der Waals surface area (Å²) in [5.41, 5.74) is 6.77. The zero-order valence-electron chi connectivity index (χ0n) is 10.4. The van der Waals surface area contributed by atoms with Crippen molar-refractivity contribution in [1.82, 2.24) is 0 Å². The molecule has 1 aliphatic carbocycles. The second kappa shape index (κ2) is 4.00. The van der Waals surface area contributed by atoms with Gasteiger partial charge in [0.1, 0.15) is 0 Å². The summed E-state index contributed by atoms with van der Waals surface area (Å²) in [6.45, 7) is 15.6. The molecule has 0 aromatic rings. The van der Waals surface area contributed by atoms with Crippen LogP contribution < -0.4 is 5.73 Å². The highest BCUT2D eigenvalue weighted by Gasteiger charge is 2.51. The Morgan fingerprint density at radius 3 is 1.46 bits per heavy atom. The van der Waals surface area contributed by atoms with Crippen LogP contribution in [0.4, 0.5) is 0 Å². The van der Waals surface area contributed by atoms with Crippen molar-refractivity contribution in [3.8, 4) is 0 Å². The van der Waals surface area contributed by atoms with Crippen LogP contribution in [-0.2, 0) is 0 Å². The van der Waals surface area contributed by atoms with Crippen LogP contribution in [0.15, 0.2) is 0 Å². The Kier molecular flexibility index (Phi) is 3.98. The van der Waals surface area contributed by atoms with Gasteiger partial charge in [-0.2, -0.15) is 0 Å². The Bertz CT molecular complexity index is 141. The van der Waals surface area contributed by atoms with E-state index in [0.29, 0.717) is 16.9 Å². The third-order valence-corrected chi connectivity index (χ3v) is 4.43. The number of nitrogens with two attached hydrogens (primary N) is 1. The third-order valence-electron chi connectivity index (χ3n) is 4.43. The van der Waals surface area contributed by atoms with Crippen molar-refractivity contribution in [2.24, 2.45) is 22.5 Å². The van der Waals surface area contributed by atoms with E-state index < -0.39 is 0 Å². The second-order valence-electron chi connectivity index (χ2n) is 5.19. The minimum Gasteiger partial charge on any atom is -0.327 e. The maximum absolute atomic E-state index is 6.08. The molecule has 0 spiro atoms. The summed E-state index contributed by atoms with van der Waals surface area (Å²) in [7, 11) is 0. The van der Waals surface area contributed by atoms with Crippen molar-refractivity contribution in [3.63, 3.8) is 0 Å². The highest BCUT2D eigenvalue weighted by atomic mass is 14.8. The molecule has 1 nitrogen and oxygen atoms in total. The number of hydrogen-bond donors (Lipinski definition) is 1. The largest absolute Gasteiger partial charge is 0.327 e. The van der Waals surface area contributed by atoms with Gasteiger partial charge in [-0.05, 0) is 23.2 Å². The SMILES string of the molecule is CC.CC1CC(N)C(C)(C)C1(C)C. The first-order valence-corrected chi connectivity index (χ1v) is 5.55. The molecule has 0 bridgehead atoms. The lowest BCUT2D eigenvalue weighted by atomic mass is 9.66. The van der Waals surface area contributed by atoms with Crippen LogP contribution in [0.25, 0.3) is 0 Å². The van der Waals surface area contributed by atoms with Crippen LogP contribution >= 0.6 is 0 Å². The van der Waals surface area contributed by atoms with Gasteiger partial charge < -0.3 is 5.73 Å². The zero-order chi connectivity index (χ0) is 10.9. The Hall–Kier alpha value is -0.0400. The fourth-order valence-electron chi connectivity index (χ4n) is 2.08. The molecular formula is C12H27N. The Morgan fingerprint density at radius 1 is 1.00 bits per heavy atom. The van der Waals surface area contributed by atoms with E-state index in [-0.39, 0.29) is 0 Å². The molecule has 0 heterocycles. The van der Waals surface area contributed by atoms with E-state index >= 15 is 0 Å². The lowest BCUT2D eigenvalue weighted by molar-refractivity contribution is 0.105. The van der Waals surface area contributed by atoms with Crippen LogP contribution in [0.5, 0.6) is 0 Å². The first kappa shape index (κ1) is 13.0. The van der Waals surface area contributed by atoms with E-state index in [0.717, 1.165) is 5.92 Å². The second-order valence-corrected chi connectivity index (χ2v) is 5.19. The standard InChI is InChI=1S/C10H21N.C2H6/c1-7-6-8(11)10(4,5)9(7,2)3;1-2/h7-8H,6,11H2,1-5H3;1-2H3. The predicted molar refractivity (Wildman–Crippen MR) is 60.7 cm³/mol. The van der Waals surface area contributed by atoms with Crippen molar-refractivity contribution in [3.05, 3.63) is 0 Å². The van der Waals surface area contributed by atoms with Crippen LogP contribution in [0, 0.1) is 16.7 Å². The van der Waals surface area contributed by atoms with Gasteiger partial charge in [-0.1, -0.05) is 48.5 Å². The molecule has 1 aliphatic rings. The molecule has 0 aromatic heterocycles. The van der Waals surface area contributed by atoms with E-state index in [4.69, 9.17) is 5.73 Å². The van der Waals surface area contributed by atoms with Gasteiger partial charge in [0.05, 0.1) is 0 Å². The van der Waals surface area contributed by atoms with Crippen LogP contribution in [0.3, 0.4) is 0 Å². The lowest BCUT2D eigenvalue weighted by Gasteiger charge is -2.39. The molecule has 1 rings (SSSR count). The lowest BCUT2D eigenvalue weighted by Crippen LogP contribution is -2.40. The number of hydrogen-bond acceptors (Lipinski definition) is 1. The molecule has 0 radical (unpaired) electrons. The molecular weight excluding hydrogens is 158 g/mol. The molecule has 1 fully saturated rings. The fourth-order valence-corrected chi connectivity index (χ4v) is 2.08. The number of rotatable bonds is 0. The third kappa shape index (κ3) is 1.90. The van der Waals surface area contributed by atoms with Gasteiger partial charge in [-0.3, -0.25) is 0 Å². The molecule has 13 heavy (non-hydrogen) atoms. The maximum Gasteiger partial charge on any atom is 0.00982 e. The summed E-state index contributed by atoms with van der Waals surface area (Å²) >= 11 is 0. The van der Waals surface area contributed by atoms with Crippen molar-refractivity contribution in [2.75, 3.05) is 0 Å². The fraction of sp³-hybridized carbons (Fsp3) is 1.00. The van der Waals surface area contributed by atoms with Crippen LogP contribution in [-0.4, -0.2) is 6.04 Å². The summed E-state index contributed by atoms with van der Waals surface area (Å²) in [4.78, 5) is 0. The van der Waals surface area contributed by atoms with Crippen molar-refractivity contribution < 1.29 is 0 Å². The van der Waals surface area contributed by atoms with Crippen molar-refractivity contribution >= 4 is 0 Å². The van der Waals surface area contributed by atoms with Crippen molar-refractivity contribution in [1.29, 1.82) is 0 Å². The average molecular weight is 185 g/mol. The normalized spacial score (nSPS) is 35.1. The van der Waals surface area contributed by atoms with Crippen LogP contribution in [0.1, 0.15) is 54.9 Å². The molecule has 0 saturated heterocycles.